The Morgan fingerprint density at radius 1 is 1.21 bits per heavy atom. The lowest BCUT2D eigenvalue weighted by molar-refractivity contribution is -0.140. The Hall–Kier alpha value is -2.74. The molecule has 0 unspecified atom stereocenters. The molecule has 152 valence electrons. The summed E-state index contributed by atoms with van der Waals surface area (Å²) in [5.74, 6) is -0.168. The molecule has 0 bridgehead atoms. The van der Waals surface area contributed by atoms with E-state index in [9.17, 15) is 9.18 Å². The molecule has 0 aliphatic carbocycles. The molecule has 0 radical (unpaired) electrons. The number of methoxy groups -OCH3 is 1. The number of hydrogen-bond acceptors (Lipinski definition) is 6. The van der Waals surface area contributed by atoms with Crippen molar-refractivity contribution in [3.05, 3.63) is 47.9 Å². The first kappa shape index (κ1) is 18.3. The molecule has 3 fully saturated rings. The van der Waals surface area contributed by atoms with E-state index in [0.29, 0.717) is 31.9 Å². The van der Waals surface area contributed by atoms with Gasteiger partial charge in [0.25, 0.3) is 11.8 Å². The van der Waals surface area contributed by atoms with Crippen molar-refractivity contribution in [2.24, 2.45) is 0 Å². The number of piperidine rings is 1. The zero-order valence-electron chi connectivity index (χ0n) is 16.3. The molecule has 2 atom stereocenters. The van der Waals surface area contributed by atoms with Gasteiger partial charge in [0.1, 0.15) is 6.23 Å². The van der Waals surface area contributed by atoms with Crippen LogP contribution in [0.25, 0.3) is 0 Å². The third kappa shape index (κ3) is 2.93. The molecule has 8 heteroatoms. The lowest BCUT2D eigenvalue weighted by Crippen LogP contribution is -2.50. The normalized spacial score (nSPS) is 25.5. The van der Waals surface area contributed by atoms with Gasteiger partial charge < -0.3 is 19.3 Å². The second-order valence-electron chi connectivity index (χ2n) is 7.80. The highest BCUT2D eigenvalue weighted by atomic mass is 19.1. The number of ether oxygens (including phenoxy) is 2. The molecular formula is C21H23FN4O3. The van der Waals surface area contributed by atoms with Crippen LogP contribution in [-0.4, -0.2) is 52.8 Å². The summed E-state index contributed by atoms with van der Waals surface area (Å²) in [6.07, 6.45) is 3.86. The van der Waals surface area contributed by atoms with Gasteiger partial charge >= 0.3 is 0 Å². The smallest absolute Gasteiger partial charge is 0.257 e. The summed E-state index contributed by atoms with van der Waals surface area (Å²) >= 11 is 0. The Balaban J connectivity index is 1.32. The summed E-state index contributed by atoms with van der Waals surface area (Å²) in [5.41, 5.74) is 0.381. The van der Waals surface area contributed by atoms with Crippen LogP contribution in [0.15, 0.2) is 36.5 Å². The van der Waals surface area contributed by atoms with E-state index in [1.165, 1.54) is 7.11 Å². The Labute approximate surface area is 168 Å². The van der Waals surface area contributed by atoms with E-state index < -0.39 is 11.4 Å². The number of rotatable bonds is 3. The van der Waals surface area contributed by atoms with Gasteiger partial charge in [-0.15, -0.1) is 0 Å². The second-order valence-corrected chi connectivity index (χ2v) is 7.80. The molecule has 1 amide bonds. The van der Waals surface area contributed by atoms with Crippen LogP contribution < -0.4 is 9.64 Å². The molecule has 7 nitrogen and oxygen atoms in total. The van der Waals surface area contributed by atoms with Gasteiger partial charge in [-0.25, -0.2) is 4.98 Å². The van der Waals surface area contributed by atoms with E-state index in [2.05, 4.69) is 22.1 Å². The van der Waals surface area contributed by atoms with Gasteiger partial charge in [-0.2, -0.15) is 9.37 Å². The van der Waals surface area contributed by atoms with Crippen molar-refractivity contribution in [2.75, 3.05) is 25.1 Å². The standard InChI is InChI=1S/C21H23FN4O3/c1-28-18-15(22)13-23-20(24-18)25-11-9-21(10-12-25)19(27)26-16(7-8-17(26)29-21)14-5-3-2-4-6-14/h2-6,13,16-17H,7-12H2,1H3/t16-,17+/m0/s1. The maximum absolute atomic E-state index is 13.6. The van der Waals surface area contributed by atoms with Crippen molar-refractivity contribution in [1.82, 2.24) is 14.9 Å². The minimum atomic E-state index is -0.779. The van der Waals surface area contributed by atoms with Crippen LogP contribution in [0, 0.1) is 5.82 Å². The van der Waals surface area contributed by atoms with Crippen molar-refractivity contribution in [2.45, 2.75) is 43.6 Å². The number of halogens is 1. The number of aromatic nitrogens is 2. The van der Waals surface area contributed by atoms with Crippen LogP contribution in [0.2, 0.25) is 0 Å². The van der Waals surface area contributed by atoms with E-state index >= 15 is 0 Å². The number of fused-ring (bicyclic) bond motifs is 1. The van der Waals surface area contributed by atoms with Crippen molar-refractivity contribution >= 4 is 11.9 Å². The molecule has 29 heavy (non-hydrogen) atoms. The lowest BCUT2D eigenvalue weighted by Gasteiger charge is -2.37. The first-order valence-corrected chi connectivity index (χ1v) is 9.98. The lowest BCUT2D eigenvalue weighted by atomic mass is 9.89. The van der Waals surface area contributed by atoms with Crippen LogP contribution >= 0.6 is 0 Å². The number of hydrogen-bond donors (Lipinski definition) is 0. The highest BCUT2D eigenvalue weighted by Crippen LogP contribution is 2.47. The van der Waals surface area contributed by atoms with E-state index in [4.69, 9.17) is 9.47 Å². The van der Waals surface area contributed by atoms with E-state index in [0.717, 1.165) is 24.6 Å². The molecule has 1 aromatic heterocycles. The molecule has 0 N–H and O–H groups in total. The van der Waals surface area contributed by atoms with Crippen LogP contribution in [0.3, 0.4) is 0 Å². The number of carbonyl (C=O) groups is 1. The SMILES string of the molecule is COc1nc(N2CCC3(CC2)O[C@@H]2CC[C@@H](c4ccccc4)N2C3=O)ncc1F. The molecule has 3 aliphatic heterocycles. The summed E-state index contributed by atoms with van der Waals surface area (Å²) in [7, 11) is 1.38. The van der Waals surface area contributed by atoms with Gasteiger partial charge in [0.05, 0.1) is 19.3 Å². The van der Waals surface area contributed by atoms with Crippen molar-refractivity contribution in [3.63, 3.8) is 0 Å². The minimum Gasteiger partial charge on any atom is -0.479 e. The first-order valence-electron chi connectivity index (χ1n) is 9.98. The fourth-order valence-electron chi connectivity index (χ4n) is 4.75. The summed E-state index contributed by atoms with van der Waals surface area (Å²) in [4.78, 5) is 25.5. The summed E-state index contributed by atoms with van der Waals surface area (Å²) in [6, 6.07) is 10.2. The maximum atomic E-state index is 13.6. The van der Waals surface area contributed by atoms with Gasteiger partial charge in [0, 0.05) is 25.9 Å². The maximum Gasteiger partial charge on any atom is 0.257 e. The molecule has 0 saturated carbocycles. The van der Waals surface area contributed by atoms with Crippen LogP contribution in [0.4, 0.5) is 10.3 Å². The molecule has 1 spiro atoms. The zero-order chi connectivity index (χ0) is 20.0. The second kappa shape index (κ2) is 6.95. The molecular weight excluding hydrogens is 375 g/mol. The molecule has 3 aliphatic rings. The topological polar surface area (TPSA) is 67.8 Å². The van der Waals surface area contributed by atoms with Gasteiger partial charge in [0.2, 0.25) is 11.8 Å². The van der Waals surface area contributed by atoms with Crippen molar-refractivity contribution in [3.8, 4) is 5.88 Å². The zero-order valence-corrected chi connectivity index (χ0v) is 16.3. The van der Waals surface area contributed by atoms with Crippen LogP contribution in [0.5, 0.6) is 5.88 Å². The fraction of sp³-hybridized carbons (Fsp3) is 0.476. The van der Waals surface area contributed by atoms with Crippen molar-refractivity contribution < 1.29 is 18.7 Å². The van der Waals surface area contributed by atoms with Gasteiger partial charge in [-0.3, -0.25) is 4.79 Å². The molecule has 5 rings (SSSR count). The van der Waals surface area contributed by atoms with Crippen molar-refractivity contribution in [1.29, 1.82) is 0 Å². The largest absolute Gasteiger partial charge is 0.479 e. The summed E-state index contributed by atoms with van der Waals surface area (Å²) in [6.45, 7) is 1.13. The highest BCUT2D eigenvalue weighted by molar-refractivity contribution is 5.88. The molecule has 4 heterocycles. The van der Waals surface area contributed by atoms with Crippen LogP contribution in [-0.2, 0) is 9.53 Å². The number of nitrogens with zero attached hydrogens (tertiary/aromatic N) is 4. The van der Waals surface area contributed by atoms with Gasteiger partial charge in [-0.05, 0) is 18.4 Å². The summed E-state index contributed by atoms with van der Waals surface area (Å²) < 4.78 is 24.9. The third-order valence-electron chi connectivity index (χ3n) is 6.25. The van der Waals surface area contributed by atoms with E-state index in [1.807, 2.05) is 28.0 Å². The fourth-order valence-corrected chi connectivity index (χ4v) is 4.75. The number of amides is 1. The Morgan fingerprint density at radius 2 is 1.97 bits per heavy atom. The number of anilines is 1. The monoisotopic (exact) mass is 398 g/mol. The van der Waals surface area contributed by atoms with Crippen LogP contribution in [0.1, 0.15) is 37.3 Å². The third-order valence-corrected chi connectivity index (χ3v) is 6.25. The minimum absolute atomic E-state index is 0.0742. The van der Waals surface area contributed by atoms with Gasteiger partial charge in [0.15, 0.2) is 5.60 Å². The average molecular weight is 398 g/mol. The Morgan fingerprint density at radius 3 is 2.69 bits per heavy atom. The highest BCUT2D eigenvalue weighted by Gasteiger charge is 2.58. The van der Waals surface area contributed by atoms with E-state index in [1.54, 1.807) is 0 Å². The predicted octanol–water partition coefficient (Wildman–Crippen LogP) is 2.68. The Bertz CT molecular complexity index is 917. The first-order chi connectivity index (χ1) is 14.1. The summed E-state index contributed by atoms with van der Waals surface area (Å²) in [5, 5.41) is 0. The quantitative estimate of drug-likeness (QED) is 0.792. The number of benzene rings is 1. The van der Waals surface area contributed by atoms with E-state index in [-0.39, 0.29) is 24.1 Å². The molecule has 1 aromatic carbocycles. The predicted molar refractivity (Wildman–Crippen MR) is 103 cm³/mol. The van der Waals surface area contributed by atoms with Gasteiger partial charge in [-0.1, -0.05) is 30.3 Å². The Kier molecular flexibility index (Phi) is 4.38. The average Bonchev–Trinajstić information content (AvgIpc) is 3.28. The molecule has 3 saturated heterocycles. The molecule has 2 aromatic rings. The number of carbonyl (C=O) groups excluding carboxylic acids is 1.